The monoisotopic (exact) mass is 387 g/mol. The van der Waals surface area contributed by atoms with Gasteiger partial charge in [0.05, 0.1) is 5.41 Å². The average Bonchev–Trinajstić information content (AvgIpc) is 3.03. The largest absolute Gasteiger partial charge is 0.452 e. The summed E-state index contributed by atoms with van der Waals surface area (Å²) in [6.07, 6.45) is 5.81. The molecule has 0 spiro atoms. The predicted molar refractivity (Wildman–Crippen MR) is 104 cm³/mol. The van der Waals surface area contributed by atoms with Gasteiger partial charge >= 0.3 is 5.97 Å². The molecule has 0 radical (unpaired) electrons. The highest BCUT2D eigenvalue weighted by Crippen LogP contribution is 2.64. The van der Waals surface area contributed by atoms with E-state index >= 15 is 0 Å². The molecular weight excluding hydrogens is 362 g/mol. The highest BCUT2D eigenvalue weighted by molar-refractivity contribution is 6.24. The molecule has 1 aromatic carbocycles. The van der Waals surface area contributed by atoms with Gasteiger partial charge in [0.15, 0.2) is 6.10 Å². The van der Waals surface area contributed by atoms with Gasteiger partial charge in [0, 0.05) is 17.1 Å². The average molecular weight is 388 g/mol. The van der Waals surface area contributed by atoms with Crippen molar-refractivity contribution in [3.8, 4) is 0 Å². The Hall–Kier alpha value is -1.55. The Morgan fingerprint density at radius 3 is 2.59 bits per heavy atom. The zero-order valence-corrected chi connectivity index (χ0v) is 16.5. The van der Waals surface area contributed by atoms with Crippen LogP contribution in [0.15, 0.2) is 24.3 Å². The molecule has 4 aliphatic carbocycles. The highest BCUT2D eigenvalue weighted by atomic mass is 35.5. The van der Waals surface area contributed by atoms with Crippen LogP contribution in [0.3, 0.4) is 0 Å². The normalized spacial score (nSPS) is 37.2. The fourth-order valence-corrected chi connectivity index (χ4v) is 7.20. The molecule has 144 valence electrons. The van der Waals surface area contributed by atoms with Gasteiger partial charge in [0.25, 0.3) is 5.91 Å². The molecule has 4 bridgehead atoms. The number of nitrogens with zero attached hydrogens (tertiary/aromatic N) is 1. The number of para-hydroxylation sites is 1. The van der Waals surface area contributed by atoms with Crippen LogP contribution >= 0.6 is 11.6 Å². The lowest BCUT2D eigenvalue weighted by molar-refractivity contribution is -0.176. The van der Waals surface area contributed by atoms with Crippen molar-refractivity contribution in [1.29, 1.82) is 0 Å². The number of ether oxygens (including phenoxy) is 1. The van der Waals surface area contributed by atoms with Crippen LogP contribution < -0.4 is 4.90 Å². The number of halogens is 1. The number of alkyl halides is 1. The number of rotatable bonds is 3. The maximum Gasteiger partial charge on any atom is 0.312 e. The minimum atomic E-state index is -0.761. The Bertz CT molecular complexity index is 793. The van der Waals surface area contributed by atoms with E-state index in [0.29, 0.717) is 24.8 Å². The first kappa shape index (κ1) is 17.5. The number of carbonyl (C=O) groups excluding carboxylic acids is 2. The molecule has 1 aliphatic heterocycles. The lowest BCUT2D eigenvalue weighted by Gasteiger charge is -2.58. The molecule has 5 atom stereocenters. The van der Waals surface area contributed by atoms with Gasteiger partial charge in [-0.15, -0.1) is 11.6 Å². The minimum absolute atomic E-state index is 0.126. The summed E-state index contributed by atoms with van der Waals surface area (Å²) < 4.78 is 5.78. The zero-order chi connectivity index (χ0) is 18.8. The van der Waals surface area contributed by atoms with Crippen molar-refractivity contribution in [2.24, 2.45) is 17.3 Å². The van der Waals surface area contributed by atoms with E-state index in [9.17, 15) is 9.59 Å². The molecule has 0 N–H and O–H groups in total. The van der Waals surface area contributed by atoms with Crippen molar-refractivity contribution < 1.29 is 14.3 Å². The lowest BCUT2D eigenvalue weighted by Crippen LogP contribution is -2.57. The number of fused-ring (bicyclic) bond motifs is 1. The second-order valence-electron chi connectivity index (χ2n) is 9.31. The number of carbonyl (C=O) groups is 2. The van der Waals surface area contributed by atoms with E-state index in [1.165, 1.54) is 12.0 Å². The van der Waals surface area contributed by atoms with E-state index in [-0.39, 0.29) is 16.8 Å². The van der Waals surface area contributed by atoms with Gasteiger partial charge in [-0.05, 0) is 75.3 Å². The third-order valence-corrected chi connectivity index (χ3v) is 7.65. The van der Waals surface area contributed by atoms with E-state index in [2.05, 4.69) is 6.07 Å². The lowest BCUT2D eigenvalue weighted by atomic mass is 9.49. The number of anilines is 1. The first-order chi connectivity index (χ1) is 12.9. The zero-order valence-electron chi connectivity index (χ0n) is 15.7. The van der Waals surface area contributed by atoms with E-state index in [0.717, 1.165) is 37.8 Å². The van der Waals surface area contributed by atoms with Crippen LogP contribution in [0.25, 0.3) is 0 Å². The standard InChI is InChI=1S/C22H26ClNO3/c1-14(19(25)24-7-6-17-4-2-3-5-18(17)24)27-20(26)21-9-15-8-16(10-21)12-22(23,11-15)13-21/h2-5,14-16H,6-13H2,1H3/t14-,15-,16+,21?,22?/m1/s1. The third-order valence-electron chi connectivity index (χ3n) is 7.21. The Labute approximate surface area is 165 Å². The fourth-order valence-electron chi connectivity index (χ4n) is 6.51. The van der Waals surface area contributed by atoms with Crippen LogP contribution in [0.1, 0.15) is 51.0 Å². The van der Waals surface area contributed by atoms with Gasteiger partial charge in [-0.2, -0.15) is 0 Å². The fraction of sp³-hybridized carbons (Fsp3) is 0.636. The summed E-state index contributed by atoms with van der Waals surface area (Å²) in [5.41, 5.74) is 1.65. The molecule has 27 heavy (non-hydrogen) atoms. The summed E-state index contributed by atoms with van der Waals surface area (Å²) in [4.78, 5) is 27.6. The van der Waals surface area contributed by atoms with Crippen LogP contribution in [-0.4, -0.2) is 29.4 Å². The van der Waals surface area contributed by atoms with Crippen LogP contribution in [0.5, 0.6) is 0 Å². The molecule has 5 heteroatoms. The second-order valence-corrected chi connectivity index (χ2v) is 10.1. The number of hydrogen-bond acceptors (Lipinski definition) is 3. The first-order valence-corrected chi connectivity index (χ1v) is 10.5. The van der Waals surface area contributed by atoms with E-state index in [1.54, 1.807) is 11.8 Å². The van der Waals surface area contributed by atoms with Crippen molar-refractivity contribution in [3.63, 3.8) is 0 Å². The summed E-state index contributed by atoms with van der Waals surface area (Å²) in [5, 5.41) is 0. The van der Waals surface area contributed by atoms with Crippen LogP contribution in [0.4, 0.5) is 5.69 Å². The SMILES string of the molecule is C[C@@H](OC(=O)C12C[C@@H]3C[C@@H](CC(Cl)(C3)C1)C2)C(=O)N1CCc2ccccc21. The molecular formula is C22H26ClNO3. The summed E-state index contributed by atoms with van der Waals surface area (Å²) >= 11 is 6.84. The van der Waals surface area contributed by atoms with Gasteiger partial charge < -0.3 is 9.64 Å². The molecule has 4 saturated carbocycles. The predicted octanol–water partition coefficient (Wildman–Crippen LogP) is 4.09. The van der Waals surface area contributed by atoms with Crippen LogP contribution in [0.2, 0.25) is 0 Å². The molecule has 4 fully saturated rings. The Morgan fingerprint density at radius 2 is 1.89 bits per heavy atom. The van der Waals surface area contributed by atoms with Gasteiger partial charge in [-0.25, -0.2) is 0 Å². The van der Waals surface area contributed by atoms with Crippen molar-refractivity contribution in [1.82, 2.24) is 0 Å². The molecule has 1 heterocycles. The van der Waals surface area contributed by atoms with E-state index in [1.807, 2.05) is 18.2 Å². The molecule has 0 saturated heterocycles. The number of amides is 1. The molecule has 1 amide bonds. The van der Waals surface area contributed by atoms with Gasteiger partial charge in [-0.1, -0.05) is 18.2 Å². The quantitative estimate of drug-likeness (QED) is 0.579. The third kappa shape index (κ3) is 2.79. The Kier molecular flexibility index (Phi) is 3.88. The molecule has 0 aromatic heterocycles. The summed E-state index contributed by atoms with van der Waals surface area (Å²) in [7, 11) is 0. The molecule has 1 aromatic rings. The molecule has 4 nitrogen and oxygen atoms in total. The summed E-state index contributed by atoms with van der Waals surface area (Å²) in [6.45, 7) is 2.36. The van der Waals surface area contributed by atoms with Crippen LogP contribution in [0, 0.1) is 17.3 Å². The van der Waals surface area contributed by atoms with Crippen molar-refractivity contribution in [3.05, 3.63) is 29.8 Å². The van der Waals surface area contributed by atoms with Crippen molar-refractivity contribution in [2.45, 2.75) is 62.8 Å². The van der Waals surface area contributed by atoms with Gasteiger partial charge in [-0.3, -0.25) is 9.59 Å². The molecule has 5 aliphatic rings. The summed E-state index contributed by atoms with van der Waals surface area (Å²) in [6, 6.07) is 7.95. The Morgan fingerprint density at radius 1 is 1.19 bits per heavy atom. The summed E-state index contributed by atoms with van der Waals surface area (Å²) in [5.74, 6) is 0.745. The second kappa shape index (κ2) is 5.97. The number of esters is 1. The molecule has 6 rings (SSSR count). The molecule has 2 unspecified atom stereocenters. The highest BCUT2D eigenvalue weighted by Gasteiger charge is 2.61. The number of benzene rings is 1. The first-order valence-electron chi connectivity index (χ1n) is 10.2. The van der Waals surface area contributed by atoms with Crippen molar-refractivity contribution >= 4 is 29.2 Å². The maximum absolute atomic E-state index is 13.2. The van der Waals surface area contributed by atoms with Gasteiger partial charge in [0.2, 0.25) is 0 Å². The smallest absolute Gasteiger partial charge is 0.312 e. The van der Waals surface area contributed by atoms with Crippen molar-refractivity contribution in [2.75, 3.05) is 11.4 Å². The van der Waals surface area contributed by atoms with Crippen LogP contribution in [-0.2, 0) is 20.7 Å². The van der Waals surface area contributed by atoms with E-state index < -0.39 is 11.5 Å². The Balaban J connectivity index is 1.31. The minimum Gasteiger partial charge on any atom is -0.452 e. The number of hydrogen-bond donors (Lipinski definition) is 0. The topological polar surface area (TPSA) is 46.6 Å². The van der Waals surface area contributed by atoms with E-state index in [4.69, 9.17) is 16.3 Å². The maximum atomic E-state index is 13.2. The van der Waals surface area contributed by atoms with Gasteiger partial charge in [0.1, 0.15) is 0 Å².